The molecule has 23 heavy (non-hydrogen) atoms. The minimum absolute atomic E-state index is 0.335. The van der Waals surface area contributed by atoms with Gasteiger partial charge >= 0.3 is 0 Å². The van der Waals surface area contributed by atoms with E-state index in [-0.39, 0.29) is 5.91 Å². The lowest BCUT2D eigenvalue weighted by molar-refractivity contribution is -0.118. The molecule has 2 aromatic rings. The van der Waals surface area contributed by atoms with E-state index in [4.69, 9.17) is 0 Å². The molecule has 120 valence electrons. The largest absolute Gasteiger partial charge is 0.311 e. The molecule has 0 aromatic heterocycles. The van der Waals surface area contributed by atoms with Gasteiger partial charge in [-0.05, 0) is 30.7 Å². The van der Waals surface area contributed by atoms with E-state index in [1.165, 1.54) is 23.1 Å². The van der Waals surface area contributed by atoms with Gasteiger partial charge < -0.3 is 4.90 Å². The van der Waals surface area contributed by atoms with Gasteiger partial charge in [-0.3, -0.25) is 4.79 Å². The summed E-state index contributed by atoms with van der Waals surface area (Å²) in [5.74, 6) is -1.18. The summed E-state index contributed by atoms with van der Waals surface area (Å²) in [6.45, 7) is 0.410. The van der Waals surface area contributed by atoms with Crippen LogP contribution >= 0.6 is 0 Å². The minimum Gasteiger partial charge on any atom is -0.311 e. The van der Waals surface area contributed by atoms with Crippen molar-refractivity contribution in [1.82, 2.24) is 4.72 Å². The highest BCUT2D eigenvalue weighted by Crippen LogP contribution is 2.22. The fourth-order valence-corrected chi connectivity index (χ4v) is 3.87. The van der Waals surface area contributed by atoms with Crippen molar-refractivity contribution >= 4 is 21.6 Å². The molecule has 0 aliphatic carbocycles. The van der Waals surface area contributed by atoms with Crippen LogP contribution < -0.4 is 9.62 Å². The molecule has 7 heteroatoms. The summed E-state index contributed by atoms with van der Waals surface area (Å²) < 4.78 is 40.5. The Bertz CT molecular complexity index is 824. The number of hydrogen-bond acceptors (Lipinski definition) is 3. The molecule has 1 atom stereocenters. The SMILES string of the molecule is O=C1C(NS(=O)(=O)c2ccccc2F)CCN1c1ccccc1. The highest BCUT2D eigenvalue weighted by molar-refractivity contribution is 7.89. The van der Waals surface area contributed by atoms with Crippen LogP contribution in [-0.4, -0.2) is 26.9 Å². The lowest BCUT2D eigenvalue weighted by atomic mass is 10.3. The first-order valence-electron chi connectivity index (χ1n) is 7.12. The Morgan fingerprint density at radius 1 is 1.04 bits per heavy atom. The van der Waals surface area contributed by atoms with Crippen molar-refractivity contribution in [3.05, 3.63) is 60.4 Å². The number of carbonyl (C=O) groups is 1. The van der Waals surface area contributed by atoms with Crippen molar-refractivity contribution in [2.45, 2.75) is 17.4 Å². The second-order valence-electron chi connectivity index (χ2n) is 5.22. The molecule has 1 aliphatic heterocycles. The Kier molecular flexibility index (Phi) is 4.14. The number of nitrogens with zero attached hydrogens (tertiary/aromatic N) is 1. The number of nitrogens with one attached hydrogen (secondary N) is 1. The number of benzene rings is 2. The van der Waals surface area contributed by atoms with Crippen molar-refractivity contribution < 1.29 is 17.6 Å². The normalized spacial score (nSPS) is 18.4. The van der Waals surface area contributed by atoms with Crippen LogP contribution in [0.2, 0.25) is 0 Å². The second kappa shape index (κ2) is 6.10. The van der Waals surface area contributed by atoms with Gasteiger partial charge in [0, 0.05) is 12.2 Å². The predicted molar refractivity (Wildman–Crippen MR) is 83.9 cm³/mol. The van der Waals surface area contributed by atoms with Crippen molar-refractivity contribution in [3.63, 3.8) is 0 Å². The lowest BCUT2D eigenvalue weighted by Gasteiger charge is -2.17. The van der Waals surface area contributed by atoms with Crippen molar-refractivity contribution in [2.75, 3.05) is 11.4 Å². The van der Waals surface area contributed by atoms with E-state index >= 15 is 0 Å². The summed E-state index contributed by atoms with van der Waals surface area (Å²) in [7, 11) is -4.09. The highest BCUT2D eigenvalue weighted by atomic mass is 32.2. The van der Waals surface area contributed by atoms with Crippen molar-refractivity contribution in [3.8, 4) is 0 Å². The molecule has 1 saturated heterocycles. The third-order valence-corrected chi connectivity index (χ3v) is 5.20. The molecule has 3 rings (SSSR count). The molecular weight excluding hydrogens is 319 g/mol. The molecule has 0 radical (unpaired) electrons. The second-order valence-corrected chi connectivity index (χ2v) is 6.90. The number of hydrogen-bond donors (Lipinski definition) is 1. The number of carbonyl (C=O) groups excluding carboxylic acids is 1. The highest BCUT2D eigenvalue weighted by Gasteiger charge is 2.36. The monoisotopic (exact) mass is 334 g/mol. The standard InChI is InChI=1S/C16H15FN2O3S/c17-13-8-4-5-9-15(13)23(21,22)18-14-10-11-19(16(14)20)12-6-2-1-3-7-12/h1-9,14,18H,10-11H2. The summed E-state index contributed by atoms with van der Waals surface area (Å²) in [6.07, 6.45) is 0.335. The maximum absolute atomic E-state index is 13.7. The summed E-state index contributed by atoms with van der Waals surface area (Å²) in [5, 5.41) is 0. The van der Waals surface area contributed by atoms with Crippen LogP contribution in [0.3, 0.4) is 0 Å². The third kappa shape index (κ3) is 3.11. The molecule has 1 N–H and O–H groups in total. The van der Waals surface area contributed by atoms with Gasteiger partial charge in [0.1, 0.15) is 16.8 Å². The Balaban J connectivity index is 1.79. The van der Waals surface area contributed by atoms with Gasteiger partial charge in [-0.25, -0.2) is 12.8 Å². The van der Waals surface area contributed by atoms with Crippen molar-refractivity contribution in [1.29, 1.82) is 0 Å². The Hall–Kier alpha value is -2.25. The van der Waals surface area contributed by atoms with Gasteiger partial charge in [-0.1, -0.05) is 30.3 Å². The van der Waals surface area contributed by atoms with Crippen LogP contribution in [0.1, 0.15) is 6.42 Å². The van der Waals surface area contributed by atoms with Crippen LogP contribution in [0.15, 0.2) is 59.5 Å². The van der Waals surface area contributed by atoms with E-state index in [1.807, 2.05) is 6.07 Å². The van der Waals surface area contributed by atoms with Gasteiger partial charge in [-0.2, -0.15) is 4.72 Å². The van der Waals surface area contributed by atoms with Gasteiger partial charge in [0.15, 0.2) is 0 Å². The summed E-state index contributed by atoms with van der Waals surface area (Å²) in [5.41, 5.74) is 0.713. The zero-order chi connectivity index (χ0) is 16.4. The molecule has 0 saturated carbocycles. The summed E-state index contributed by atoms with van der Waals surface area (Å²) in [4.78, 5) is 13.5. The molecule has 1 unspecified atom stereocenters. The average molecular weight is 334 g/mol. The van der Waals surface area contributed by atoms with E-state index in [2.05, 4.69) is 4.72 Å². The summed E-state index contributed by atoms with van der Waals surface area (Å²) >= 11 is 0. The van der Waals surface area contributed by atoms with Crippen LogP contribution in [0.25, 0.3) is 0 Å². The molecule has 0 spiro atoms. The first kappa shape index (κ1) is 15.6. The number of rotatable bonds is 4. The number of para-hydroxylation sites is 1. The molecule has 1 aliphatic rings. The molecule has 5 nitrogen and oxygen atoms in total. The number of amides is 1. The van der Waals surface area contributed by atoms with E-state index in [0.717, 1.165) is 6.07 Å². The van der Waals surface area contributed by atoms with Crippen LogP contribution in [-0.2, 0) is 14.8 Å². The topological polar surface area (TPSA) is 66.5 Å². The van der Waals surface area contributed by atoms with Crippen molar-refractivity contribution in [2.24, 2.45) is 0 Å². The zero-order valence-electron chi connectivity index (χ0n) is 12.1. The molecule has 2 aromatic carbocycles. The molecule has 1 heterocycles. The number of anilines is 1. The zero-order valence-corrected chi connectivity index (χ0v) is 13.0. The number of sulfonamides is 1. The smallest absolute Gasteiger partial charge is 0.245 e. The lowest BCUT2D eigenvalue weighted by Crippen LogP contribution is -2.41. The third-order valence-electron chi connectivity index (χ3n) is 3.70. The maximum Gasteiger partial charge on any atom is 0.245 e. The van der Waals surface area contributed by atoms with Crippen LogP contribution in [0, 0.1) is 5.82 Å². The molecule has 0 bridgehead atoms. The minimum atomic E-state index is -4.09. The van der Waals surface area contributed by atoms with Crippen LogP contribution in [0.4, 0.5) is 10.1 Å². The van der Waals surface area contributed by atoms with Crippen LogP contribution in [0.5, 0.6) is 0 Å². The molecular formula is C16H15FN2O3S. The van der Waals surface area contributed by atoms with Gasteiger partial charge in [0.25, 0.3) is 0 Å². The van der Waals surface area contributed by atoms with E-state index < -0.39 is 26.8 Å². The fourth-order valence-electron chi connectivity index (χ4n) is 2.57. The van der Waals surface area contributed by atoms with Gasteiger partial charge in [0.2, 0.25) is 15.9 Å². The Morgan fingerprint density at radius 3 is 2.39 bits per heavy atom. The predicted octanol–water partition coefficient (Wildman–Crippen LogP) is 1.91. The van der Waals surface area contributed by atoms with E-state index in [1.54, 1.807) is 24.3 Å². The number of halogens is 1. The maximum atomic E-state index is 13.7. The Morgan fingerprint density at radius 2 is 1.70 bits per heavy atom. The van der Waals surface area contributed by atoms with E-state index in [9.17, 15) is 17.6 Å². The first-order chi connectivity index (χ1) is 11.0. The van der Waals surface area contributed by atoms with E-state index in [0.29, 0.717) is 18.7 Å². The quantitative estimate of drug-likeness (QED) is 0.929. The van der Waals surface area contributed by atoms with Gasteiger partial charge in [0.05, 0.1) is 0 Å². The fraction of sp³-hybridized carbons (Fsp3) is 0.188. The average Bonchev–Trinajstić information content (AvgIpc) is 2.89. The molecule has 1 fully saturated rings. The first-order valence-corrected chi connectivity index (χ1v) is 8.60. The Labute approximate surface area is 133 Å². The summed E-state index contributed by atoms with van der Waals surface area (Å²) in [6, 6.07) is 13.2. The van der Waals surface area contributed by atoms with Gasteiger partial charge in [-0.15, -0.1) is 0 Å². The molecule has 1 amide bonds.